The van der Waals surface area contributed by atoms with Gasteiger partial charge in [-0.3, -0.25) is 14.7 Å². The molecule has 0 spiro atoms. The number of anilines is 1. The number of benzene rings is 2. The third kappa shape index (κ3) is 3.75. The quantitative estimate of drug-likeness (QED) is 0.560. The summed E-state index contributed by atoms with van der Waals surface area (Å²) >= 11 is 0. The monoisotopic (exact) mass is 362 g/mol. The Hall–Kier alpha value is -2.99. The lowest BCUT2D eigenvalue weighted by molar-refractivity contribution is -0.132. The number of nitrogens with zero attached hydrogens (tertiary/aromatic N) is 3. The van der Waals surface area contributed by atoms with Gasteiger partial charge in [0.1, 0.15) is 0 Å². The zero-order chi connectivity index (χ0) is 18.6. The van der Waals surface area contributed by atoms with E-state index < -0.39 is 5.91 Å². The van der Waals surface area contributed by atoms with Gasteiger partial charge in [0.05, 0.1) is 17.4 Å². The molecule has 0 atom stereocenters. The van der Waals surface area contributed by atoms with Crippen LogP contribution in [-0.2, 0) is 16.0 Å². The van der Waals surface area contributed by atoms with Crippen molar-refractivity contribution in [3.05, 3.63) is 60.3 Å². The fourth-order valence-electron chi connectivity index (χ4n) is 3.81. The van der Waals surface area contributed by atoms with Crippen molar-refractivity contribution in [2.24, 2.45) is 5.92 Å². The van der Waals surface area contributed by atoms with Crippen LogP contribution in [0, 0.1) is 5.92 Å². The van der Waals surface area contributed by atoms with Gasteiger partial charge in [-0.15, -0.1) is 0 Å². The Labute approximate surface area is 157 Å². The van der Waals surface area contributed by atoms with Crippen LogP contribution in [0.25, 0.3) is 10.9 Å². The van der Waals surface area contributed by atoms with E-state index in [1.807, 2.05) is 29.3 Å². The molecular weight excluding hydrogens is 340 g/mol. The molecule has 27 heavy (non-hydrogen) atoms. The number of aromatic nitrogens is 2. The molecule has 6 nitrogen and oxygen atoms in total. The standard InChI is InChI=1S/C21H22N4O2/c26-15-21(27)25(19-6-7-20-18(13-19)14-22-23-20)24-10-8-17(9-11-24)12-16-4-2-1-3-5-16/h1-7,13-15,17H,8-12H2,(H,22,23). The average molecular weight is 362 g/mol. The molecule has 1 amide bonds. The molecule has 0 unspecified atom stereocenters. The number of amides is 1. The SMILES string of the molecule is O=CC(=O)N(c1ccc2[nH]ncc2c1)N1CCC(Cc2ccccc2)CC1. The van der Waals surface area contributed by atoms with Crippen molar-refractivity contribution in [2.45, 2.75) is 19.3 Å². The molecule has 0 radical (unpaired) electrons. The first-order chi connectivity index (χ1) is 13.2. The molecule has 2 heterocycles. The molecule has 1 aromatic heterocycles. The summed E-state index contributed by atoms with van der Waals surface area (Å²) in [7, 11) is 0. The van der Waals surface area contributed by atoms with E-state index in [-0.39, 0.29) is 0 Å². The van der Waals surface area contributed by atoms with Gasteiger partial charge < -0.3 is 0 Å². The number of aldehydes is 1. The molecule has 0 saturated carbocycles. The largest absolute Gasteiger partial charge is 0.305 e. The Morgan fingerprint density at radius 1 is 1.19 bits per heavy atom. The highest BCUT2D eigenvalue weighted by Crippen LogP contribution is 2.27. The highest BCUT2D eigenvalue weighted by Gasteiger charge is 2.28. The number of fused-ring (bicyclic) bond motifs is 1. The van der Waals surface area contributed by atoms with Gasteiger partial charge >= 0.3 is 5.91 Å². The maximum atomic E-state index is 12.4. The van der Waals surface area contributed by atoms with Crippen LogP contribution in [0.4, 0.5) is 5.69 Å². The number of nitrogens with one attached hydrogen (secondary N) is 1. The van der Waals surface area contributed by atoms with Crippen LogP contribution in [0.1, 0.15) is 18.4 Å². The molecule has 138 valence electrons. The average Bonchev–Trinajstić information content (AvgIpc) is 3.18. The second-order valence-corrected chi connectivity index (χ2v) is 7.00. The topological polar surface area (TPSA) is 69.3 Å². The molecule has 6 heteroatoms. The van der Waals surface area contributed by atoms with Crippen LogP contribution in [0.15, 0.2) is 54.7 Å². The van der Waals surface area contributed by atoms with Gasteiger partial charge in [0.25, 0.3) is 0 Å². The minimum Gasteiger partial charge on any atom is -0.292 e. The zero-order valence-corrected chi connectivity index (χ0v) is 15.0. The highest BCUT2D eigenvalue weighted by molar-refractivity contribution is 6.30. The summed E-state index contributed by atoms with van der Waals surface area (Å²) in [5.74, 6) is 0.0486. The molecule has 4 rings (SSSR count). The lowest BCUT2D eigenvalue weighted by atomic mass is 9.91. The maximum absolute atomic E-state index is 12.4. The van der Waals surface area contributed by atoms with Crippen molar-refractivity contribution in [1.82, 2.24) is 15.2 Å². The number of aromatic amines is 1. The van der Waals surface area contributed by atoms with Crippen molar-refractivity contribution in [1.29, 1.82) is 0 Å². The lowest BCUT2D eigenvalue weighted by Gasteiger charge is -2.39. The number of H-pyrrole nitrogens is 1. The summed E-state index contributed by atoms with van der Waals surface area (Å²) in [4.78, 5) is 23.6. The molecule has 1 saturated heterocycles. The summed E-state index contributed by atoms with van der Waals surface area (Å²) in [6, 6.07) is 16.1. The fraction of sp³-hybridized carbons (Fsp3) is 0.286. The number of hydrazine groups is 1. The molecule has 1 N–H and O–H groups in total. The Bertz CT molecular complexity index is 930. The third-order valence-electron chi connectivity index (χ3n) is 5.22. The fourth-order valence-corrected chi connectivity index (χ4v) is 3.81. The second-order valence-electron chi connectivity index (χ2n) is 7.00. The Kier molecular flexibility index (Phi) is 4.98. The highest BCUT2D eigenvalue weighted by atomic mass is 16.2. The number of hydrogen-bond donors (Lipinski definition) is 1. The van der Waals surface area contributed by atoms with E-state index in [1.165, 1.54) is 10.6 Å². The van der Waals surface area contributed by atoms with E-state index >= 15 is 0 Å². The van der Waals surface area contributed by atoms with Gasteiger partial charge in [0.2, 0.25) is 6.29 Å². The van der Waals surface area contributed by atoms with Gasteiger partial charge in [-0.2, -0.15) is 5.10 Å². The van der Waals surface area contributed by atoms with Crippen LogP contribution in [-0.4, -0.2) is 40.5 Å². The maximum Gasteiger partial charge on any atom is 0.305 e. The van der Waals surface area contributed by atoms with Crippen LogP contribution in [0.5, 0.6) is 0 Å². The Morgan fingerprint density at radius 3 is 2.70 bits per heavy atom. The van der Waals surface area contributed by atoms with E-state index in [9.17, 15) is 9.59 Å². The van der Waals surface area contributed by atoms with Crippen molar-refractivity contribution < 1.29 is 9.59 Å². The van der Waals surface area contributed by atoms with Crippen molar-refractivity contribution >= 4 is 28.8 Å². The Balaban J connectivity index is 1.49. The van der Waals surface area contributed by atoms with Crippen LogP contribution in [0.3, 0.4) is 0 Å². The molecule has 1 aliphatic heterocycles. The molecule has 3 aromatic rings. The second kappa shape index (κ2) is 7.72. The van der Waals surface area contributed by atoms with Gasteiger partial charge in [0, 0.05) is 18.5 Å². The predicted molar refractivity (Wildman–Crippen MR) is 104 cm³/mol. The van der Waals surface area contributed by atoms with E-state index in [4.69, 9.17) is 0 Å². The number of carbonyl (C=O) groups is 2. The summed E-state index contributed by atoms with van der Waals surface area (Å²) in [5.41, 5.74) is 2.95. The van der Waals surface area contributed by atoms with Crippen molar-refractivity contribution in [3.8, 4) is 0 Å². The van der Waals surface area contributed by atoms with Crippen LogP contribution in [0.2, 0.25) is 0 Å². The normalized spacial score (nSPS) is 15.7. The van der Waals surface area contributed by atoms with Crippen molar-refractivity contribution in [3.63, 3.8) is 0 Å². The van der Waals surface area contributed by atoms with Gasteiger partial charge in [-0.05, 0) is 48.9 Å². The minimum atomic E-state index is -0.542. The smallest absolute Gasteiger partial charge is 0.292 e. The molecular formula is C21H22N4O2. The summed E-state index contributed by atoms with van der Waals surface area (Å²) in [6.45, 7) is 1.50. The number of rotatable bonds is 5. The predicted octanol–water partition coefficient (Wildman–Crippen LogP) is 2.96. The summed E-state index contributed by atoms with van der Waals surface area (Å²) in [5, 5.41) is 11.3. The minimum absolute atomic E-state index is 0.385. The van der Waals surface area contributed by atoms with E-state index in [2.05, 4.69) is 34.5 Å². The molecule has 0 aliphatic carbocycles. The molecule has 1 fully saturated rings. The van der Waals surface area contributed by atoms with Crippen LogP contribution < -0.4 is 5.01 Å². The first-order valence-corrected chi connectivity index (χ1v) is 9.26. The summed E-state index contributed by atoms with van der Waals surface area (Å²) in [6.07, 6.45) is 5.14. The van der Waals surface area contributed by atoms with Gasteiger partial charge in [-0.1, -0.05) is 30.3 Å². The molecule has 2 aromatic carbocycles. The van der Waals surface area contributed by atoms with E-state index in [1.54, 1.807) is 6.20 Å². The van der Waals surface area contributed by atoms with E-state index in [0.717, 1.165) is 43.3 Å². The first-order valence-electron chi connectivity index (χ1n) is 9.26. The summed E-state index contributed by atoms with van der Waals surface area (Å²) < 4.78 is 0. The first kappa shape index (κ1) is 17.4. The van der Waals surface area contributed by atoms with Crippen molar-refractivity contribution in [2.75, 3.05) is 18.1 Å². The molecule has 1 aliphatic rings. The zero-order valence-electron chi connectivity index (χ0n) is 15.0. The number of carbonyl (C=O) groups excluding carboxylic acids is 2. The molecule has 0 bridgehead atoms. The van der Waals surface area contributed by atoms with Gasteiger partial charge in [0.15, 0.2) is 0 Å². The Morgan fingerprint density at radius 2 is 1.96 bits per heavy atom. The van der Waals surface area contributed by atoms with E-state index in [0.29, 0.717) is 17.9 Å². The number of piperidine rings is 1. The van der Waals surface area contributed by atoms with Gasteiger partial charge in [-0.25, -0.2) is 10.0 Å². The lowest BCUT2D eigenvalue weighted by Crippen LogP contribution is -2.51. The number of hydrogen-bond acceptors (Lipinski definition) is 4. The van der Waals surface area contributed by atoms with Crippen LogP contribution >= 0.6 is 0 Å². The third-order valence-corrected chi connectivity index (χ3v) is 5.22.